The van der Waals surface area contributed by atoms with E-state index < -0.39 is 0 Å². The van der Waals surface area contributed by atoms with Crippen LogP contribution in [0, 0.1) is 11.3 Å². The molecule has 1 aliphatic rings. The fourth-order valence-electron chi connectivity index (χ4n) is 1.66. The zero-order chi connectivity index (χ0) is 13.4. The summed E-state index contributed by atoms with van der Waals surface area (Å²) in [5.41, 5.74) is 0.149. The first-order valence-electron chi connectivity index (χ1n) is 5.99. The molecule has 1 N–H and O–H groups in total. The molecule has 0 radical (unpaired) electrons. The average molecular weight is 252 g/mol. The summed E-state index contributed by atoms with van der Waals surface area (Å²) in [5, 5.41) is 11.9. The Balaban J connectivity index is 2.49. The maximum Gasteiger partial charge on any atom is 0.266 e. The van der Waals surface area contributed by atoms with Crippen LogP contribution in [-0.4, -0.2) is 69.2 Å². The molecule has 0 saturated carbocycles. The Kier molecular flexibility index (Phi) is 6.19. The molecule has 0 aromatic rings. The van der Waals surface area contributed by atoms with Crippen molar-refractivity contribution in [1.29, 1.82) is 5.26 Å². The topological polar surface area (TPSA) is 68.6 Å². The van der Waals surface area contributed by atoms with E-state index in [-0.39, 0.29) is 11.5 Å². The van der Waals surface area contributed by atoms with E-state index >= 15 is 0 Å². The van der Waals surface area contributed by atoms with Gasteiger partial charge in [-0.3, -0.25) is 4.79 Å². The molecule has 1 heterocycles. The maximum absolute atomic E-state index is 12.0. The highest BCUT2D eigenvalue weighted by atomic mass is 16.5. The Morgan fingerprint density at radius 3 is 2.67 bits per heavy atom. The maximum atomic E-state index is 12.0. The van der Waals surface area contributed by atoms with Gasteiger partial charge in [-0.2, -0.15) is 5.26 Å². The van der Waals surface area contributed by atoms with Gasteiger partial charge in [-0.15, -0.1) is 0 Å². The molecule has 0 bridgehead atoms. The number of hydrogen-bond donors (Lipinski definition) is 1. The monoisotopic (exact) mass is 252 g/mol. The summed E-state index contributed by atoms with van der Waals surface area (Å²) < 4.78 is 4.87. The Hall–Kier alpha value is -1.58. The molecule has 1 aliphatic heterocycles. The molecular formula is C12H20N4O2. The molecule has 0 atom stereocenters. The van der Waals surface area contributed by atoms with Crippen LogP contribution < -0.4 is 5.32 Å². The number of nitriles is 1. The highest BCUT2D eigenvalue weighted by Crippen LogP contribution is 2.05. The second-order valence-corrected chi connectivity index (χ2v) is 4.21. The third-order valence-electron chi connectivity index (χ3n) is 2.84. The smallest absolute Gasteiger partial charge is 0.266 e. The molecule has 0 unspecified atom stereocenters. The largest absolute Gasteiger partial charge is 0.387 e. The predicted octanol–water partition coefficient (Wildman–Crippen LogP) is -0.596. The van der Waals surface area contributed by atoms with Crippen molar-refractivity contribution in [3.8, 4) is 6.07 Å². The van der Waals surface area contributed by atoms with Crippen molar-refractivity contribution in [2.45, 2.75) is 0 Å². The van der Waals surface area contributed by atoms with Crippen molar-refractivity contribution in [3.63, 3.8) is 0 Å². The van der Waals surface area contributed by atoms with Crippen LogP contribution in [0.25, 0.3) is 0 Å². The van der Waals surface area contributed by atoms with Crippen molar-refractivity contribution in [3.05, 3.63) is 11.8 Å². The van der Waals surface area contributed by atoms with E-state index in [1.54, 1.807) is 12.0 Å². The van der Waals surface area contributed by atoms with Crippen LogP contribution >= 0.6 is 0 Å². The summed E-state index contributed by atoms with van der Waals surface area (Å²) in [4.78, 5) is 15.9. The highest BCUT2D eigenvalue weighted by Gasteiger charge is 2.21. The van der Waals surface area contributed by atoms with Gasteiger partial charge in [-0.05, 0) is 7.05 Å². The first kappa shape index (κ1) is 14.5. The molecule has 6 nitrogen and oxygen atoms in total. The van der Waals surface area contributed by atoms with E-state index in [1.165, 1.54) is 6.20 Å². The highest BCUT2D eigenvalue weighted by molar-refractivity contribution is 5.97. The van der Waals surface area contributed by atoms with Gasteiger partial charge in [0.1, 0.15) is 11.6 Å². The summed E-state index contributed by atoms with van der Waals surface area (Å²) in [5.74, 6) is -0.199. The fraction of sp³-hybridized carbons (Fsp3) is 0.667. The minimum Gasteiger partial charge on any atom is -0.387 e. The number of nitrogens with one attached hydrogen (secondary N) is 1. The minimum atomic E-state index is -0.199. The van der Waals surface area contributed by atoms with Gasteiger partial charge in [0.15, 0.2) is 0 Å². The molecule has 1 saturated heterocycles. The van der Waals surface area contributed by atoms with Crippen LogP contribution in [0.5, 0.6) is 0 Å². The van der Waals surface area contributed by atoms with E-state index in [1.807, 2.05) is 13.1 Å². The minimum absolute atomic E-state index is 0.149. The number of carbonyl (C=O) groups excluding carboxylic acids is 1. The molecule has 1 rings (SSSR count). The van der Waals surface area contributed by atoms with Gasteiger partial charge in [0.2, 0.25) is 0 Å². The van der Waals surface area contributed by atoms with Crippen molar-refractivity contribution in [2.24, 2.45) is 0 Å². The Morgan fingerprint density at radius 1 is 1.44 bits per heavy atom. The SMILES string of the molecule is COCCN/C=C(/C#N)C(=O)N1CCN(C)CC1. The molecule has 6 heteroatoms. The van der Waals surface area contributed by atoms with Crippen LogP contribution in [0.1, 0.15) is 0 Å². The number of rotatable bonds is 5. The molecule has 0 aliphatic carbocycles. The van der Waals surface area contributed by atoms with Crippen molar-refractivity contribution in [1.82, 2.24) is 15.1 Å². The van der Waals surface area contributed by atoms with Crippen LogP contribution in [0.15, 0.2) is 11.8 Å². The zero-order valence-corrected chi connectivity index (χ0v) is 11.0. The van der Waals surface area contributed by atoms with E-state index in [2.05, 4.69) is 10.2 Å². The lowest BCUT2D eigenvalue weighted by atomic mass is 10.2. The number of piperazine rings is 1. The zero-order valence-electron chi connectivity index (χ0n) is 11.0. The van der Waals surface area contributed by atoms with Gasteiger partial charge in [-0.25, -0.2) is 0 Å². The summed E-state index contributed by atoms with van der Waals surface area (Å²) in [6.07, 6.45) is 1.47. The van der Waals surface area contributed by atoms with E-state index in [4.69, 9.17) is 10.00 Å². The van der Waals surface area contributed by atoms with Crippen LogP contribution in [-0.2, 0) is 9.53 Å². The molecule has 1 fully saturated rings. The standard InChI is InChI=1S/C12H20N4O2/c1-15-4-6-16(7-5-15)12(17)11(9-13)10-14-3-8-18-2/h10,14H,3-8H2,1-2H3/b11-10-. The first-order chi connectivity index (χ1) is 8.69. The van der Waals surface area contributed by atoms with E-state index in [0.29, 0.717) is 26.2 Å². The molecule has 100 valence electrons. The van der Waals surface area contributed by atoms with Crippen molar-refractivity contribution in [2.75, 3.05) is 53.5 Å². The second kappa shape index (κ2) is 7.69. The quantitative estimate of drug-likeness (QED) is 0.402. The Morgan fingerprint density at radius 2 is 2.11 bits per heavy atom. The number of nitrogens with zero attached hydrogens (tertiary/aromatic N) is 3. The molecular weight excluding hydrogens is 232 g/mol. The first-order valence-corrected chi connectivity index (χ1v) is 5.99. The van der Waals surface area contributed by atoms with E-state index in [0.717, 1.165) is 13.1 Å². The van der Waals surface area contributed by atoms with Crippen molar-refractivity contribution >= 4 is 5.91 Å². The molecule has 0 spiro atoms. The number of methoxy groups -OCH3 is 1. The van der Waals surface area contributed by atoms with Crippen LogP contribution in [0.3, 0.4) is 0 Å². The normalized spacial score (nSPS) is 17.4. The van der Waals surface area contributed by atoms with Crippen LogP contribution in [0.4, 0.5) is 0 Å². The Labute approximate surface area is 108 Å². The fourth-order valence-corrected chi connectivity index (χ4v) is 1.66. The summed E-state index contributed by atoms with van der Waals surface area (Å²) in [6.45, 7) is 4.16. The second-order valence-electron chi connectivity index (χ2n) is 4.21. The molecule has 0 aromatic carbocycles. The average Bonchev–Trinajstić information content (AvgIpc) is 2.39. The number of amides is 1. The van der Waals surface area contributed by atoms with Gasteiger partial charge in [0.25, 0.3) is 5.91 Å². The van der Waals surface area contributed by atoms with Gasteiger partial charge < -0.3 is 19.9 Å². The molecule has 0 aromatic heterocycles. The van der Waals surface area contributed by atoms with E-state index in [9.17, 15) is 4.79 Å². The summed E-state index contributed by atoms with van der Waals surface area (Å²) in [6, 6.07) is 1.94. The summed E-state index contributed by atoms with van der Waals surface area (Å²) in [7, 11) is 3.63. The number of hydrogen-bond acceptors (Lipinski definition) is 5. The van der Waals surface area contributed by atoms with Crippen LogP contribution in [0.2, 0.25) is 0 Å². The Bertz CT molecular complexity index is 340. The number of ether oxygens (including phenoxy) is 1. The predicted molar refractivity (Wildman–Crippen MR) is 67.7 cm³/mol. The lowest BCUT2D eigenvalue weighted by Crippen LogP contribution is -2.47. The third kappa shape index (κ3) is 4.35. The molecule has 1 amide bonds. The lowest BCUT2D eigenvalue weighted by molar-refractivity contribution is -0.128. The van der Waals surface area contributed by atoms with Gasteiger partial charge in [0.05, 0.1) is 6.61 Å². The van der Waals surface area contributed by atoms with Crippen molar-refractivity contribution < 1.29 is 9.53 Å². The van der Waals surface area contributed by atoms with Gasteiger partial charge >= 0.3 is 0 Å². The number of carbonyl (C=O) groups is 1. The third-order valence-corrected chi connectivity index (χ3v) is 2.84. The molecule has 18 heavy (non-hydrogen) atoms. The number of likely N-dealkylation sites (N-methyl/N-ethyl adjacent to an activating group) is 1. The lowest BCUT2D eigenvalue weighted by Gasteiger charge is -2.32. The summed E-state index contributed by atoms with van der Waals surface area (Å²) >= 11 is 0. The van der Waals surface area contributed by atoms with Gasteiger partial charge in [-0.1, -0.05) is 0 Å². The van der Waals surface area contributed by atoms with Gasteiger partial charge in [0, 0.05) is 46.0 Å².